The summed E-state index contributed by atoms with van der Waals surface area (Å²) < 4.78 is 1.89. The lowest BCUT2D eigenvalue weighted by atomic mass is 10.4. The molecule has 0 saturated heterocycles. The van der Waals surface area contributed by atoms with Gasteiger partial charge in [0.25, 0.3) is 0 Å². The fraction of sp³-hybridized carbons (Fsp3) is 0.636. The molecule has 0 bridgehead atoms. The highest BCUT2D eigenvalue weighted by Crippen LogP contribution is 2.01. The Labute approximate surface area is 96.5 Å². The Kier molecular flexibility index (Phi) is 4.98. The molecular weight excluding hydrogens is 204 g/mol. The Hall–Kier alpha value is -1.36. The molecule has 0 aliphatic rings. The minimum atomic E-state index is 0.139. The fourth-order valence-corrected chi connectivity index (χ4v) is 1.64. The smallest absolute Gasteiger partial charge is 0.242 e. The Balaban J connectivity index is 2.64. The van der Waals surface area contributed by atoms with Gasteiger partial charge in [0, 0.05) is 25.8 Å². The Morgan fingerprint density at radius 1 is 1.50 bits per heavy atom. The molecule has 1 N–H and O–H groups in total. The summed E-state index contributed by atoms with van der Waals surface area (Å²) >= 11 is 0. The summed E-state index contributed by atoms with van der Waals surface area (Å²) in [4.78, 5) is 17.8. The Bertz CT molecular complexity index is 330. The lowest BCUT2D eigenvalue weighted by molar-refractivity contribution is -0.131. The third-order valence-electron chi connectivity index (χ3n) is 2.58. The van der Waals surface area contributed by atoms with Crippen molar-refractivity contribution in [2.45, 2.75) is 26.9 Å². The van der Waals surface area contributed by atoms with Crippen molar-refractivity contribution in [3.63, 3.8) is 0 Å². The van der Waals surface area contributed by atoms with Crippen molar-refractivity contribution in [3.05, 3.63) is 18.2 Å². The minimum Gasteiger partial charge on any atom is -0.342 e. The van der Waals surface area contributed by atoms with Gasteiger partial charge < -0.3 is 14.8 Å². The highest BCUT2D eigenvalue weighted by molar-refractivity contribution is 5.76. The van der Waals surface area contributed by atoms with Gasteiger partial charge >= 0.3 is 0 Å². The molecule has 0 fully saturated rings. The summed E-state index contributed by atoms with van der Waals surface area (Å²) in [6, 6.07) is 0. The monoisotopic (exact) mass is 224 g/mol. The van der Waals surface area contributed by atoms with E-state index in [9.17, 15) is 4.79 Å². The second kappa shape index (κ2) is 6.27. The maximum Gasteiger partial charge on any atom is 0.242 e. The quantitative estimate of drug-likeness (QED) is 0.764. The van der Waals surface area contributed by atoms with E-state index in [0.717, 1.165) is 25.3 Å². The van der Waals surface area contributed by atoms with Gasteiger partial charge in [-0.1, -0.05) is 0 Å². The molecule has 0 spiro atoms. The van der Waals surface area contributed by atoms with Crippen molar-refractivity contribution in [3.8, 4) is 0 Å². The van der Waals surface area contributed by atoms with Crippen LogP contribution >= 0.6 is 0 Å². The maximum absolute atomic E-state index is 11.9. The summed E-state index contributed by atoms with van der Waals surface area (Å²) in [6.07, 6.45) is 3.49. The van der Waals surface area contributed by atoms with Crippen molar-refractivity contribution in [1.82, 2.24) is 19.8 Å². The first-order valence-corrected chi connectivity index (χ1v) is 5.64. The molecule has 1 heterocycles. The van der Waals surface area contributed by atoms with Gasteiger partial charge in [0.15, 0.2) is 0 Å². The molecule has 0 radical (unpaired) electrons. The molecule has 0 aliphatic carbocycles. The minimum absolute atomic E-state index is 0.139. The van der Waals surface area contributed by atoms with Crippen molar-refractivity contribution < 1.29 is 4.79 Å². The van der Waals surface area contributed by atoms with E-state index in [1.54, 1.807) is 12.5 Å². The van der Waals surface area contributed by atoms with Crippen molar-refractivity contribution in [1.29, 1.82) is 0 Å². The number of hydrogen-bond acceptors (Lipinski definition) is 3. The second-order valence-corrected chi connectivity index (χ2v) is 3.61. The second-order valence-electron chi connectivity index (χ2n) is 3.61. The molecule has 16 heavy (non-hydrogen) atoms. The van der Waals surface area contributed by atoms with Gasteiger partial charge in [0.05, 0.1) is 12.0 Å². The molecule has 1 rings (SSSR count). The maximum atomic E-state index is 11.9. The zero-order valence-corrected chi connectivity index (χ0v) is 10.2. The van der Waals surface area contributed by atoms with Crippen LogP contribution in [0.3, 0.4) is 0 Å². The van der Waals surface area contributed by atoms with Crippen LogP contribution < -0.4 is 5.32 Å². The van der Waals surface area contributed by atoms with Crippen LogP contribution in [0.25, 0.3) is 0 Å². The van der Waals surface area contributed by atoms with E-state index in [1.807, 2.05) is 30.4 Å². The Morgan fingerprint density at radius 3 is 2.75 bits per heavy atom. The molecule has 0 aromatic carbocycles. The van der Waals surface area contributed by atoms with E-state index in [2.05, 4.69) is 10.3 Å². The molecular formula is C11H20N4O. The van der Waals surface area contributed by atoms with Gasteiger partial charge in [0.1, 0.15) is 6.54 Å². The highest BCUT2D eigenvalue weighted by atomic mass is 16.2. The highest BCUT2D eigenvalue weighted by Gasteiger charge is 2.11. The van der Waals surface area contributed by atoms with Crippen molar-refractivity contribution in [2.75, 3.05) is 20.1 Å². The summed E-state index contributed by atoms with van der Waals surface area (Å²) in [5.74, 6) is 0.139. The zero-order chi connectivity index (χ0) is 12.0. The van der Waals surface area contributed by atoms with E-state index < -0.39 is 0 Å². The van der Waals surface area contributed by atoms with E-state index in [4.69, 9.17) is 0 Å². The average molecular weight is 224 g/mol. The van der Waals surface area contributed by atoms with Gasteiger partial charge in [-0.25, -0.2) is 4.98 Å². The predicted octanol–water partition coefficient (Wildman–Crippen LogP) is 0.471. The lowest BCUT2D eigenvalue weighted by Crippen LogP contribution is -2.33. The largest absolute Gasteiger partial charge is 0.342 e. The SMILES string of the molecule is CCN(CC)C(=O)Cn1cncc1CNC. The molecule has 1 amide bonds. The molecule has 5 heteroatoms. The topological polar surface area (TPSA) is 50.2 Å². The number of nitrogens with one attached hydrogen (secondary N) is 1. The molecule has 1 aromatic heterocycles. The number of imidazole rings is 1. The zero-order valence-electron chi connectivity index (χ0n) is 10.2. The molecule has 0 atom stereocenters. The molecule has 1 aromatic rings. The Morgan fingerprint density at radius 2 is 2.19 bits per heavy atom. The normalized spacial score (nSPS) is 10.4. The fourth-order valence-electron chi connectivity index (χ4n) is 1.64. The summed E-state index contributed by atoms with van der Waals surface area (Å²) in [7, 11) is 1.88. The summed E-state index contributed by atoms with van der Waals surface area (Å²) in [6.45, 7) is 6.59. The van der Waals surface area contributed by atoms with Crippen molar-refractivity contribution in [2.24, 2.45) is 0 Å². The third-order valence-corrected chi connectivity index (χ3v) is 2.58. The van der Waals surface area contributed by atoms with Crippen LogP contribution in [-0.2, 0) is 17.9 Å². The van der Waals surface area contributed by atoms with Gasteiger partial charge in [-0.2, -0.15) is 0 Å². The first kappa shape index (κ1) is 12.7. The average Bonchev–Trinajstić information content (AvgIpc) is 2.68. The van der Waals surface area contributed by atoms with E-state index in [0.29, 0.717) is 6.54 Å². The molecule has 0 unspecified atom stereocenters. The molecule has 0 saturated carbocycles. The number of aromatic nitrogens is 2. The van der Waals surface area contributed by atoms with Crippen LogP contribution in [0.4, 0.5) is 0 Å². The van der Waals surface area contributed by atoms with Crippen LogP contribution in [0, 0.1) is 0 Å². The molecule has 0 aliphatic heterocycles. The first-order valence-electron chi connectivity index (χ1n) is 5.64. The molecule has 90 valence electrons. The number of carbonyl (C=O) groups is 1. The third kappa shape index (κ3) is 3.06. The van der Waals surface area contributed by atoms with Gasteiger partial charge in [-0.15, -0.1) is 0 Å². The molecule has 5 nitrogen and oxygen atoms in total. The number of likely N-dealkylation sites (N-methyl/N-ethyl adjacent to an activating group) is 1. The number of amides is 1. The van der Waals surface area contributed by atoms with Crippen LogP contribution in [0.1, 0.15) is 19.5 Å². The number of rotatable bonds is 6. The standard InChI is InChI=1S/C11H20N4O/c1-4-14(5-2)11(16)8-15-9-13-7-10(15)6-12-3/h7,9,12H,4-6,8H2,1-3H3. The van der Waals surface area contributed by atoms with Gasteiger partial charge in [0.2, 0.25) is 5.91 Å². The van der Waals surface area contributed by atoms with E-state index in [1.165, 1.54) is 0 Å². The first-order chi connectivity index (χ1) is 7.72. The van der Waals surface area contributed by atoms with Crippen LogP contribution in [0.15, 0.2) is 12.5 Å². The lowest BCUT2D eigenvalue weighted by Gasteiger charge is -2.19. The summed E-state index contributed by atoms with van der Waals surface area (Å²) in [5.41, 5.74) is 1.03. The van der Waals surface area contributed by atoms with Crippen LogP contribution in [0.5, 0.6) is 0 Å². The van der Waals surface area contributed by atoms with E-state index in [-0.39, 0.29) is 5.91 Å². The van der Waals surface area contributed by atoms with Crippen LogP contribution in [-0.4, -0.2) is 40.5 Å². The predicted molar refractivity (Wildman–Crippen MR) is 62.9 cm³/mol. The summed E-state index contributed by atoms with van der Waals surface area (Å²) in [5, 5.41) is 3.06. The van der Waals surface area contributed by atoms with Gasteiger partial charge in [-0.3, -0.25) is 4.79 Å². The van der Waals surface area contributed by atoms with Crippen molar-refractivity contribution >= 4 is 5.91 Å². The number of nitrogens with zero attached hydrogens (tertiary/aromatic N) is 3. The van der Waals surface area contributed by atoms with E-state index >= 15 is 0 Å². The van der Waals surface area contributed by atoms with Gasteiger partial charge in [-0.05, 0) is 20.9 Å². The van der Waals surface area contributed by atoms with Crippen LogP contribution in [0.2, 0.25) is 0 Å². The number of carbonyl (C=O) groups excluding carboxylic acids is 1. The number of hydrogen-bond donors (Lipinski definition) is 1.